The molecule has 0 aliphatic heterocycles. The van der Waals surface area contributed by atoms with Gasteiger partial charge in [-0.15, -0.1) is 0 Å². The fourth-order valence-corrected chi connectivity index (χ4v) is 2.07. The molecule has 0 fully saturated rings. The maximum absolute atomic E-state index is 5.33. The van der Waals surface area contributed by atoms with Gasteiger partial charge in [-0.25, -0.2) is 0 Å². The molecule has 0 radical (unpaired) electrons. The highest BCUT2D eigenvalue weighted by Gasteiger charge is 1.99. The second-order valence-corrected chi connectivity index (χ2v) is 5.02. The molecule has 1 atom stereocenters. The average Bonchev–Trinajstić information content (AvgIpc) is 2.26. The van der Waals surface area contributed by atoms with Gasteiger partial charge in [0, 0.05) is 0 Å². The topological polar surface area (TPSA) is 64.4 Å². The molecular formula is C14H31N3. The van der Waals surface area contributed by atoms with Crippen LogP contribution in [0, 0.1) is 0 Å². The van der Waals surface area contributed by atoms with Crippen LogP contribution in [0.1, 0.15) is 78.1 Å². The standard InChI is InChI=1S/C14H31N3/c1-3-4-5-6-7-8-9-10-11-12-13(2)17-14(15)16/h13H,3-12H2,1-2H3,(H4,15,16,17). The third-order valence-electron chi connectivity index (χ3n) is 3.09. The zero-order valence-electron chi connectivity index (χ0n) is 11.8. The van der Waals surface area contributed by atoms with Gasteiger partial charge < -0.3 is 11.5 Å². The Morgan fingerprint density at radius 1 is 0.882 bits per heavy atom. The van der Waals surface area contributed by atoms with Gasteiger partial charge in [0.25, 0.3) is 0 Å². The Morgan fingerprint density at radius 2 is 1.35 bits per heavy atom. The van der Waals surface area contributed by atoms with E-state index in [0.29, 0.717) is 0 Å². The van der Waals surface area contributed by atoms with E-state index in [1.54, 1.807) is 0 Å². The summed E-state index contributed by atoms with van der Waals surface area (Å²) in [6, 6.07) is 0.282. The summed E-state index contributed by atoms with van der Waals surface area (Å²) < 4.78 is 0. The lowest BCUT2D eigenvalue weighted by Crippen LogP contribution is -2.24. The first-order valence-electron chi connectivity index (χ1n) is 7.25. The van der Waals surface area contributed by atoms with Gasteiger partial charge in [0.15, 0.2) is 5.96 Å². The van der Waals surface area contributed by atoms with Gasteiger partial charge in [-0.3, -0.25) is 4.99 Å². The normalized spacial score (nSPS) is 12.4. The third kappa shape index (κ3) is 13.2. The summed E-state index contributed by atoms with van der Waals surface area (Å²) in [6.45, 7) is 4.34. The van der Waals surface area contributed by atoms with E-state index in [9.17, 15) is 0 Å². The van der Waals surface area contributed by atoms with Crippen molar-refractivity contribution in [2.24, 2.45) is 16.5 Å². The first-order chi connectivity index (χ1) is 8.16. The lowest BCUT2D eigenvalue weighted by atomic mass is 10.1. The van der Waals surface area contributed by atoms with Crippen molar-refractivity contribution in [1.82, 2.24) is 0 Å². The monoisotopic (exact) mass is 241 g/mol. The Morgan fingerprint density at radius 3 is 1.82 bits per heavy atom. The number of aliphatic imine (C=N–C) groups is 1. The summed E-state index contributed by atoms with van der Waals surface area (Å²) in [5.41, 5.74) is 10.7. The van der Waals surface area contributed by atoms with E-state index in [1.165, 1.54) is 57.8 Å². The Labute approximate surface area is 107 Å². The molecule has 0 amide bonds. The summed E-state index contributed by atoms with van der Waals surface area (Å²) in [6.07, 6.45) is 13.4. The summed E-state index contributed by atoms with van der Waals surface area (Å²) in [7, 11) is 0. The predicted octanol–water partition coefficient (Wildman–Crippen LogP) is 3.57. The fourth-order valence-electron chi connectivity index (χ4n) is 2.07. The summed E-state index contributed by atoms with van der Waals surface area (Å²) >= 11 is 0. The molecule has 0 spiro atoms. The summed E-state index contributed by atoms with van der Waals surface area (Å²) in [5.74, 6) is 0.216. The minimum atomic E-state index is 0.216. The van der Waals surface area contributed by atoms with E-state index in [4.69, 9.17) is 11.5 Å². The van der Waals surface area contributed by atoms with E-state index in [-0.39, 0.29) is 12.0 Å². The van der Waals surface area contributed by atoms with Crippen LogP contribution in [-0.2, 0) is 0 Å². The van der Waals surface area contributed by atoms with E-state index in [2.05, 4.69) is 18.8 Å². The molecular weight excluding hydrogens is 210 g/mol. The Kier molecular flexibility index (Phi) is 11.2. The van der Waals surface area contributed by atoms with Gasteiger partial charge in [0.1, 0.15) is 0 Å². The number of nitrogens with zero attached hydrogens (tertiary/aromatic N) is 1. The van der Waals surface area contributed by atoms with Crippen molar-refractivity contribution in [2.75, 3.05) is 0 Å². The van der Waals surface area contributed by atoms with Crippen molar-refractivity contribution in [3.8, 4) is 0 Å². The smallest absolute Gasteiger partial charge is 0.186 e. The molecule has 0 aliphatic carbocycles. The molecule has 0 bridgehead atoms. The molecule has 3 heteroatoms. The van der Waals surface area contributed by atoms with Crippen molar-refractivity contribution in [3.05, 3.63) is 0 Å². The molecule has 0 aromatic carbocycles. The van der Waals surface area contributed by atoms with Crippen molar-refractivity contribution >= 4 is 5.96 Å². The number of unbranched alkanes of at least 4 members (excludes halogenated alkanes) is 8. The van der Waals surface area contributed by atoms with E-state index in [0.717, 1.165) is 6.42 Å². The van der Waals surface area contributed by atoms with Gasteiger partial charge in [-0.05, 0) is 13.3 Å². The molecule has 0 aromatic heterocycles. The lowest BCUT2D eigenvalue weighted by Gasteiger charge is -2.06. The van der Waals surface area contributed by atoms with Crippen molar-refractivity contribution in [2.45, 2.75) is 84.1 Å². The molecule has 17 heavy (non-hydrogen) atoms. The number of rotatable bonds is 11. The minimum absolute atomic E-state index is 0.216. The highest BCUT2D eigenvalue weighted by molar-refractivity contribution is 5.75. The Hall–Kier alpha value is -0.730. The van der Waals surface area contributed by atoms with Crippen LogP contribution in [-0.4, -0.2) is 12.0 Å². The van der Waals surface area contributed by atoms with E-state index < -0.39 is 0 Å². The predicted molar refractivity (Wildman–Crippen MR) is 77.1 cm³/mol. The minimum Gasteiger partial charge on any atom is -0.370 e. The fraction of sp³-hybridized carbons (Fsp3) is 0.929. The SMILES string of the molecule is CCCCCCCCCCCC(C)N=C(N)N. The van der Waals surface area contributed by atoms with Gasteiger partial charge in [0.2, 0.25) is 0 Å². The zero-order chi connectivity index (χ0) is 12.9. The van der Waals surface area contributed by atoms with Crippen LogP contribution in [0.2, 0.25) is 0 Å². The quantitative estimate of drug-likeness (QED) is 0.330. The molecule has 0 heterocycles. The maximum atomic E-state index is 5.33. The number of guanidine groups is 1. The lowest BCUT2D eigenvalue weighted by molar-refractivity contribution is 0.537. The highest BCUT2D eigenvalue weighted by Crippen LogP contribution is 2.11. The summed E-state index contributed by atoms with van der Waals surface area (Å²) in [4.78, 5) is 4.12. The second kappa shape index (κ2) is 11.7. The molecule has 4 N–H and O–H groups in total. The maximum Gasteiger partial charge on any atom is 0.186 e. The van der Waals surface area contributed by atoms with Gasteiger partial charge in [-0.2, -0.15) is 0 Å². The number of hydrogen-bond acceptors (Lipinski definition) is 1. The molecule has 0 rings (SSSR count). The van der Waals surface area contributed by atoms with Crippen LogP contribution in [0.3, 0.4) is 0 Å². The Balaban J connectivity index is 3.16. The molecule has 0 aromatic rings. The molecule has 0 saturated carbocycles. The van der Waals surface area contributed by atoms with Gasteiger partial charge in [0.05, 0.1) is 6.04 Å². The van der Waals surface area contributed by atoms with Gasteiger partial charge >= 0.3 is 0 Å². The van der Waals surface area contributed by atoms with Crippen LogP contribution in [0.4, 0.5) is 0 Å². The third-order valence-corrected chi connectivity index (χ3v) is 3.09. The zero-order valence-corrected chi connectivity index (χ0v) is 11.8. The summed E-state index contributed by atoms with van der Waals surface area (Å²) in [5, 5.41) is 0. The van der Waals surface area contributed by atoms with Gasteiger partial charge in [-0.1, -0.05) is 64.7 Å². The molecule has 0 saturated heterocycles. The molecule has 1 unspecified atom stereocenters. The molecule has 3 nitrogen and oxygen atoms in total. The molecule has 102 valence electrons. The van der Waals surface area contributed by atoms with E-state index >= 15 is 0 Å². The van der Waals surface area contributed by atoms with Crippen LogP contribution in [0.5, 0.6) is 0 Å². The first kappa shape index (κ1) is 16.3. The van der Waals surface area contributed by atoms with Crippen molar-refractivity contribution < 1.29 is 0 Å². The van der Waals surface area contributed by atoms with Crippen LogP contribution in [0.25, 0.3) is 0 Å². The van der Waals surface area contributed by atoms with Crippen molar-refractivity contribution in [3.63, 3.8) is 0 Å². The number of hydrogen-bond donors (Lipinski definition) is 2. The van der Waals surface area contributed by atoms with Crippen LogP contribution in [0.15, 0.2) is 4.99 Å². The second-order valence-electron chi connectivity index (χ2n) is 5.02. The largest absolute Gasteiger partial charge is 0.370 e. The van der Waals surface area contributed by atoms with E-state index in [1.807, 2.05) is 0 Å². The average molecular weight is 241 g/mol. The molecule has 0 aliphatic rings. The van der Waals surface area contributed by atoms with Crippen LogP contribution < -0.4 is 11.5 Å². The number of nitrogens with two attached hydrogens (primary N) is 2. The Bertz CT molecular complexity index is 186. The highest BCUT2D eigenvalue weighted by atomic mass is 15.0. The first-order valence-corrected chi connectivity index (χ1v) is 7.25. The van der Waals surface area contributed by atoms with Crippen molar-refractivity contribution in [1.29, 1.82) is 0 Å². The van der Waals surface area contributed by atoms with Crippen LogP contribution >= 0.6 is 0 Å².